The molecule has 1 aromatic rings. The molecule has 0 aromatic carbocycles. The van der Waals surface area contributed by atoms with Gasteiger partial charge in [0.1, 0.15) is 0 Å². The Hall–Kier alpha value is -0.870. The Bertz CT molecular complexity index is 392. The molecule has 0 amide bonds. The van der Waals surface area contributed by atoms with Crippen LogP contribution in [0.15, 0.2) is 6.20 Å². The van der Waals surface area contributed by atoms with E-state index >= 15 is 0 Å². The van der Waals surface area contributed by atoms with Crippen molar-refractivity contribution < 1.29 is 4.74 Å². The van der Waals surface area contributed by atoms with Gasteiger partial charge in [0.2, 0.25) is 0 Å². The van der Waals surface area contributed by atoms with Gasteiger partial charge in [0.05, 0.1) is 11.8 Å². The van der Waals surface area contributed by atoms with Crippen molar-refractivity contribution in [3.8, 4) is 0 Å². The smallest absolute Gasteiger partial charge is 0.0899 e. The number of aryl methyl sites for hydroxylation is 1. The van der Waals surface area contributed by atoms with Crippen molar-refractivity contribution in [1.82, 2.24) is 9.78 Å². The first-order valence-electron chi connectivity index (χ1n) is 6.29. The van der Waals surface area contributed by atoms with Gasteiger partial charge in [-0.1, -0.05) is 20.8 Å². The maximum atomic E-state index is 5.86. The zero-order valence-corrected chi connectivity index (χ0v) is 11.2. The summed E-state index contributed by atoms with van der Waals surface area (Å²) >= 11 is 0. The first-order valence-corrected chi connectivity index (χ1v) is 6.29. The summed E-state index contributed by atoms with van der Waals surface area (Å²) in [6.07, 6.45) is 3.27. The summed E-state index contributed by atoms with van der Waals surface area (Å²) in [5.41, 5.74) is 8.21. The van der Waals surface area contributed by atoms with Crippen LogP contribution in [0.4, 0.5) is 0 Å². The van der Waals surface area contributed by atoms with Crippen molar-refractivity contribution >= 4 is 0 Å². The third-order valence-corrected chi connectivity index (χ3v) is 3.39. The number of nitrogens with two attached hydrogens (primary N) is 1. The van der Waals surface area contributed by atoms with Gasteiger partial charge in [0.25, 0.3) is 0 Å². The molecular formula is C13H23N3O. The second kappa shape index (κ2) is 4.42. The van der Waals surface area contributed by atoms with Gasteiger partial charge in [-0.25, -0.2) is 0 Å². The second-order valence-corrected chi connectivity index (χ2v) is 5.93. The van der Waals surface area contributed by atoms with Crippen molar-refractivity contribution in [3.05, 3.63) is 17.5 Å². The van der Waals surface area contributed by atoms with E-state index in [2.05, 4.69) is 32.1 Å². The monoisotopic (exact) mass is 237 g/mol. The molecule has 1 fully saturated rings. The molecule has 0 bridgehead atoms. The molecule has 1 aliphatic rings. The molecule has 2 rings (SSSR count). The summed E-state index contributed by atoms with van der Waals surface area (Å²) in [4.78, 5) is 0. The molecule has 1 saturated heterocycles. The predicted molar refractivity (Wildman–Crippen MR) is 67.8 cm³/mol. The van der Waals surface area contributed by atoms with Crippen LogP contribution in [0.5, 0.6) is 0 Å². The Morgan fingerprint density at radius 2 is 2.24 bits per heavy atom. The summed E-state index contributed by atoms with van der Waals surface area (Å²) in [6.45, 7) is 8.05. The van der Waals surface area contributed by atoms with Gasteiger partial charge < -0.3 is 10.5 Å². The van der Waals surface area contributed by atoms with E-state index in [0.29, 0.717) is 12.5 Å². The standard InChI is InChI=1S/C13H23N3O/c1-13(2,3)12-10(8-16(4)15-12)11-9(7-14)5-6-17-11/h8-9,11H,5-7,14H2,1-4H3. The normalized spacial score (nSPS) is 25.5. The van der Waals surface area contributed by atoms with Crippen molar-refractivity contribution in [1.29, 1.82) is 0 Å². The first kappa shape index (κ1) is 12.6. The minimum absolute atomic E-state index is 0.0433. The third kappa shape index (κ3) is 2.38. The minimum atomic E-state index is 0.0433. The lowest BCUT2D eigenvalue weighted by atomic mass is 9.85. The molecular weight excluding hydrogens is 214 g/mol. The lowest BCUT2D eigenvalue weighted by molar-refractivity contribution is 0.0909. The van der Waals surface area contributed by atoms with Gasteiger partial charge in [0, 0.05) is 36.7 Å². The van der Waals surface area contributed by atoms with Gasteiger partial charge in [0.15, 0.2) is 0 Å². The molecule has 2 heterocycles. The van der Waals surface area contributed by atoms with Gasteiger partial charge in [-0.05, 0) is 13.0 Å². The number of nitrogens with zero attached hydrogens (tertiary/aromatic N) is 2. The van der Waals surface area contributed by atoms with E-state index < -0.39 is 0 Å². The summed E-state index contributed by atoms with van der Waals surface area (Å²) < 4.78 is 7.74. The largest absolute Gasteiger partial charge is 0.373 e. The topological polar surface area (TPSA) is 53.1 Å². The molecule has 2 unspecified atom stereocenters. The van der Waals surface area contributed by atoms with Crippen LogP contribution in [0.1, 0.15) is 44.6 Å². The Kier molecular flexibility index (Phi) is 3.27. The average Bonchev–Trinajstić information content (AvgIpc) is 2.81. The highest BCUT2D eigenvalue weighted by Crippen LogP contribution is 2.38. The van der Waals surface area contributed by atoms with Gasteiger partial charge in [-0.2, -0.15) is 5.10 Å². The minimum Gasteiger partial charge on any atom is -0.373 e. The molecule has 17 heavy (non-hydrogen) atoms. The van der Waals surface area contributed by atoms with Crippen LogP contribution in [0.2, 0.25) is 0 Å². The van der Waals surface area contributed by atoms with E-state index in [0.717, 1.165) is 18.7 Å². The molecule has 4 nitrogen and oxygen atoms in total. The Labute approximate surface area is 103 Å². The molecule has 4 heteroatoms. The summed E-state index contributed by atoms with van der Waals surface area (Å²) in [5, 5.41) is 4.59. The highest BCUT2D eigenvalue weighted by Gasteiger charge is 2.34. The first-order chi connectivity index (χ1) is 7.93. The van der Waals surface area contributed by atoms with E-state index in [1.54, 1.807) is 0 Å². The second-order valence-electron chi connectivity index (χ2n) is 5.93. The SMILES string of the molecule is Cn1cc(C2OCCC2CN)c(C(C)(C)C)n1. The number of ether oxygens (including phenoxy) is 1. The van der Waals surface area contributed by atoms with Crippen LogP contribution in [-0.2, 0) is 17.2 Å². The zero-order valence-electron chi connectivity index (χ0n) is 11.2. The van der Waals surface area contributed by atoms with Crippen LogP contribution in [-0.4, -0.2) is 22.9 Å². The number of hydrogen-bond acceptors (Lipinski definition) is 3. The third-order valence-electron chi connectivity index (χ3n) is 3.39. The zero-order chi connectivity index (χ0) is 12.6. The van der Waals surface area contributed by atoms with E-state index in [9.17, 15) is 0 Å². The number of aromatic nitrogens is 2. The lowest BCUT2D eigenvalue weighted by Gasteiger charge is -2.22. The fourth-order valence-electron chi connectivity index (χ4n) is 2.52. The lowest BCUT2D eigenvalue weighted by Crippen LogP contribution is -2.21. The summed E-state index contributed by atoms with van der Waals surface area (Å²) in [7, 11) is 1.96. The van der Waals surface area contributed by atoms with E-state index in [4.69, 9.17) is 10.5 Å². The van der Waals surface area contributed by atoms with E-state index in [-0.39, 0.29) is 11.5 Å². The van der Waals surface area contributed by atoms with Crippen LogP contribution in [0, 0.1) is 5.92 Å². The molecule has 0 aliphatic carbocycles. The molecule has 96 valence electrons. The van der Waals surface area contributed by atoms with Gasteiger partial charge >= 0.3 is 0 Å². The molecule has 0 radical (unpaired) electrons. The molecule has 0 spiro atoms. The average molecular weight is 237 g/mol. The Morgan fingerprint density at radius 1 is 1.53 bits per heavy atom. The highest BCUT2D eigenvalue weighted by atomic mass is 16.5. The van der Waals surface area contributed by atoms with Crippen LogP contribution >= 0.6 is 0 Å². The van der Waals surface area contributed by atoms with Crippen molar-refractivity contribution in [2.75, 3.05) is 13.2 Å². The Balaban J connectivity index is 2.38. The summed E-state index contributed by atoms with van der Waals surface area (Å²) in [5.74, 6) is 0.431. The fraction of sp³-hybridized carbons (Fsp3) is 0.769. The van der Waals surface area contributed by atoms with Crippen molar-refractivity contribution in [2.24, 2.45) is 18.7 Å². The maximum absolute atomic E-state index is 5.86. The molecule has 2 atom stereocenters. The van der Waals surface area contributed by atoms with Crippen LogP contribution < -0.4 is 5.73 Å². The van der Waals surface area contributed by atoms with Gasteiger partial charge in [-0.15, -0.1) is 0 Å². The Morgan fingerprint density at radius 3 is 2.82 bits per heavy atom. The highest BCUT2D eigenvalue weighted by molar-refractivity contribution is 5.27. The predicted octanol–water partition coefficient (Wildman–Crippen LogP) is 1.75. The number of hydrogen-bond donors (Lipinski definition) is 1. The quantitative estimate of drug-likeness (QED) is 0.852. The van der Waals surface area contributed by atoms with Gasteiger partial charge in [-0.3, -0.25) is 4.68 Å². The van der Waals surface area contributed by atoms with E-state index in [1.165, 1.54) is 5.56 Å². The molecule has 0 saturated carbocycles. The summed E-state index contributed by atoms with van der Waals surface area (Å²) in [6, 6.07) is 0. The van der Waals surface area contributed by atoms with Crippen LogP contribution in [0.25, 0.3) is 0 Å². The fourth-order valence-corrected chi connectivity index (χ4v) is 2.52. The van der Waals surface area contributed by atoms with Crippen molar-refractivity contribution in [3.63, 3.8) is 0 Å². The van der Waals surface area contributed by atoms with Crippen LogP contribution in [0.3, 0.4) is 0 Å². The molecule has 2 N–H and O–H groups in total. The van der Waals surface area contributed by atoms with Crippen molar-refractivity contribution in [2.45, 2.75) is 38.7 Å². The van der Waals surface area contributed by atoms with E-state index in [1.807, 2.05) is 11.7 Å². The molecule has 1 aliphatic heterocycles. The maximum Gasteiger partial charge on any atom is 0.0899 e. The molecule has 1 aromatic heterocycles. The number of rotatable bonds is 2.